The summed E-state index contributed by atoms with van der Waals surface area (Å²) in [5.74, 6) is 0.988. The first-order chi connectivity index (χ1) is 10.0. The summed E-state index contributed by atoms with van der Waals surface area (Å²) < 4.78 is 6.98. The van der Waals surface area contributed by atoms with Gasteiger partial charge in [0.05, 0.1) is 28.4 Å². The van der Waals surface area contributed by atoms with Crippen LogP contribution in [0.4, 0.5) is 5.69 Å². The largest absolute Gasteiger partial charge is 0.397 e. The van der Waals surface area contributed by atoms with E-state index < -0.39 is 0 Å². The highest BCUT2D eigenvalue weighted by Crippen LogP contribution is 2.34. The number of nitrogen functional groups attached to an aromatic ring is 1. The Morgan fingerprint density at radius 3 is 2.81 bits per heavy atom. The standard InChI is InChI=1S/C13H10Br2N4OS/c1-6-17-8(5-21-6)4-11-18-13(20-19-11)9-2-7(14)3-10(15)12(9)16/h2-3,5H,4,16H2,1H3. The van der Waals surface area contributed by atoms with E-state index in [0.717, 1.165) is 19.6 Å². The average Bonchev–Trinajstić information content (AvgIpc) is 3.04. The van der Waals surface area contributed by atoms with Gasteiger partial charge in [0.15, 0.2) is 5.82 Å². The van der Waals surface area contributed by atoms with Crippen LogP contribution in [-0.4, -0.2) is 15.1 Å². The lowest BCUT2D eigenvalue weighted by atomic mass is 10.2. The zero-order valence-corrected chi connectivity index (χ0v) is 14.9. The molecule has 0 unspecified atom stereocenters. The van der Waals surface area contributed by atoms with E-state index in [4.69, 9.17) is 10.3 Å². The molecule has 0 bridgehead atoms. The number of halogens is 2. The predicted octanol–water partition coefficient (Wildman–Crippen LogP) is 4.20. The van der Waals surface area contributed by atoms with Gasteiger partial charge in [-0.1, -0.05) is 21.1 Å². The van der Waals surface area contributed by atoms with Crippen molar-refractivity contribution >= 4 is 48.9 Å². The highest BCUT2D eigenvalue weighted by atomic mass is 79.9. The second-order valence-corrected chi connectivity index (χ2v) is 7.23. The van der Waals surface area contributed by atoms with Crippen molar-refractivity contribution in [1.82, 2.24) is 15.1 Å². The second-order valence-electron chi connectivity index (χ2n) is 4.40. The molecule has 0 saturated carbocycles. The average molecular weight is 430 g/mol. The van der Waals surface area contributed by atoms with Gasteiger partial charge < -0.3 is 10.3 Å². The van der Waals surface area contributed by atoms with Crippen LogP contribution in [-0.2, 0) is 6.42 Å². The number of benzene rings is 1. The van der Waals surface area contributed by atoms with Crippen molar-refractivity contribution in [2.75, 3.05) is 5.73 Å². The number of nitrogens with two attached hydrogens (primary N) is 1. The zero-order valence-electron chi connectivity index (χ0n) is 10.9. The highest BCUT2D eigenvalue weighted by Gasteiger charge is 2.15. The van der Waals surface area contributed by atoms with Crippen LogP contribution in [0.1, 0.15) is 16.5 Å². The molecule has 0 aliphatic carbocycles. The lowest BCUT2D eigenvalue weighted by Crippen LogP contribution is -1.94. The number of aromatic nitrogens is 3. The molecule has 1 aromatic carbocycles. The van der Waals surface area contributed by atoms with Crippen LogP contribution in [0, 0.1) is 6.92 Å². The van der Waals surface area contributed by atoms with Crippen molar-refractivity contribution in [3.63, 3.8) is 0 Å². The normalized spacial score (nSPS) is 11.0. The van der Waals surface area contributed by atoms with Crippen LogP contribution in [0.5, 0.6) is 0 Å². The molecule has 5 nitrogen and oxygen atoms in total. The van der Waals surface area contributed by atoms with Gasteiger partial charge in [-0.25, -0.2) is 4.98 Å². The number of rotatable bonds is 3. The Balaban J connectivity index is 1.91. The summed E-state index contributed by atoms with van der Waals surface area (Å²) in [6.07, 6.45) is 0.545. The van der Waals surface area contributed by atoms with Crippen LogP contribution < -0.4 is 5.73 Å². The van der Waals surface area contributed by atoms with Crippen molar-refractivity contribution in [2.45, 2.75) is 13.3 Å². The fourth-order valence-corrected chi connectivity index (χ4v) is 3.69. The van der Waals surface area contributed by atoms with Gasteiger partial charge in [0, 0.05) is 14.3 Å². The maximum Gasteiger partial charge on any atom is 0.260 e. The van der Waals surface area contributed by atoms with Gasteiger partial charge >= 0.3 is 0 Å². The molecular weight excluding hydrogens is 420 g/mol. The molecule has 0 aliphatic heterocycles. The molecule has 8 heteroatoms. The van der Waals surface area contributed by atoms with E-state index >= 15 is 0 Å². The smallest absolute Gasteiger partial charge is 0.260 e. The molecule has 0 aliphatic rings. The molecule has 21 heavy (non-hydrogen) atoms. The molecule has 0 atom stereocenters. The maximum atomic E-state index is 6.04. The molecular formula is C13H10Br2N4OS. The summed E-state index contributed by atoms with van der Waals surface area (Å²) in [4.78, 5) is 8.78. The summed E-state index contributed by atoms with van der Waals surface area (Å²) in [6.45, 7) is 1.97. The molecule has 0 fully saturated rings. The Kier molecular flexibility index (Phi) is 4.10. The third kappa shape index (κ3) is 3.17. The molecule has 0 amide bonds. The summed E-state index contributed by atoms with van der Waals surface area (Å²) in [5.41, 5.74) is 8.25. The minimum Gasteiger partial charge on any atom is -0.397 e. The fourth-order valence-electron chi connectivity index (χ4n) is 1.85. The number of anilines is 1. The Bertz CT molecular complexity index is 799. The van der Waals surface area contributed by atoms with Gasteiger partial charge in [-0.2, -0.15) is 4.98 Å². The summed E-state index contributed by atoms with van der Waals surface area (Å²) in [6, 6.07) is 3.72. The number of aryl methyl sites for hydroxylation is 1. The highest BCUT2D eigenvalue weighted by molar-refractivity contribution is 9.11. The molecule has 0 saturated heterocycles. The van der Waals surface area contributed by atoms with E-state index in [-0.39, 0.29) is 0 Å². The third-order valence-corrected chi connectivity index (χ3v) is 4.73. The molecule has 0 spiro atoms. The van der Waals surface area contributed by atoms with Crippen LogP contribution in [0.25, 0.3) is 11.5 Å². The summed E-state index contributed by atoms with van der Waals surface area (Å²) in [5, 5.41) is 7.01. The topological polar surface area (TPSA) is 77.8 Å². The van der Waals surface area contributed by atoms with Gasteiger partial charge in [-0.3, -0.25) is 0 Å². The number of hydrogen-bond acceptors (Lipinski definition) is 6. The van der Waals surface area contributed by atoms with E-state index in [0.29, 0.717) is 29.4 Å². The predicted molar refractivity (Wildman–Crippen MR) is 89.2 cm³/mol. The second kappa shape index (κ2) is 5.86. The lowest BCUT2D eigenvalue weighted by molar-refractivity contribution is 0.424. The van der Waals surface area contributed by atoms with E-state index in [9.17, 15) is 0 Å². The van der Waals surface area contributed by atoms with Gasteiger partial charge in [-0.05, 0) is 35.0 Å². The summed E-state index contributed by atoms with van der Waals surface area (Å²) in [7, 11) is 0. The van der Waals surface area contributed by atoms with Gasteiger partial charge in [0.2, 0.25) is 0 Å². The molecule has 2 heterocycles. The molecule has 3 rings (SSSR count). The molecule has 2 N–H and O–H groups in total. The van der Waals surface area contributed by atoms with Gasteiger partial charge in [0.25, 0.3) is 5.89 Å². The van der Waals surface area contributed by atoms with E-state index in [1.807, 2.05) is 24.4 Å². The minimum atomic E-state index is 0.399. The lowest BCUT2D eigenvalue weighted by Gasteiger charge is -2.04. The van der Waals surface area contributed by atoms with Crippen molar-refractivity contribution in [2.24, 2.45) is 0 Å². The van der Waals surface area contributed by atoms with Crippen molar-refractivity contribution in [1.29, 1.82) is 0 Å². The Labute approximate surface area is 141 Å². The summed E-state index contributed by atoms with van der Waals surface area (Å²) >= 11 is 8.43. The quantitative estimate of drug-likeness (QED) is 0.631. The minimum absolute atomic E-state index is 0.399. The van der Waals surface area contributed by atoms with Crippen LogP contribution >= 0.6 is 43.2 Å². The fraction of sp³-hybridized carbons (Fsp3) is 0.154. The maximum absolute atomic E-state index is 6.04. The van der Waals surface area contributed by atoms with Crippen LogP contribution in [0.2, 0.25) is 0 Å². The van der Waals surface area contributed by atoms with Crippen molar-refractivity contribution in [3.05, 3.63) is 43.0 Å². The van der Waals surface area contributed by atoms with Gasteiger partial charge in [-0.15, -0.1) is 11.3 Å². The first kappa shape index (κ1) is 14.7. The van der Waals surface area contributed by atoms with E-state index in [1.165, 1.54) is 0 Å². The van der Waals surface area contributed by atoms with Crippen molar-refractivity contribution < 1.29 is 4.52 Å². The number of thiazole rings is 1. The number of hydrogen-bond donors (Lipinski definition) is 1. The third-order valence-electron chi connectivity index (χ3n) is 2.80. The number of nitrogens with zero attached hydrogens (tertiary/aromatic N) is 3. The molecule has 108 valence electrons. The first-order valence-corrected chi connectivity index (χ1v) is 8.48. The monoisotopic (exact) mass is 428 g/mol. The molecule has 3 aromatic rings. The van der Waals surface area contributed by atoms with Crippen LogP contribution in [0.3, 0.4) is 0 Å². The SMILES string of the molecule is Cc1nc(Cc2noc(-c3cc(Br)cc(Br)c3N)n2)cs1. The zero-order chi connectivity index (χ0) is 15.0. The Morgan fingerprint density at radius 2 is 2.10 bits per heavy atom. The Morgan fingerprint density at radius 1 is 1.29 bits per heavy atom. The van der Waals surface area contributed by atoms with E-state index in [2.05, 4.69) is 47.0 Å². The van der Waals surface area contributed by atoms with Crippen LogP contribution in [0.15, 0.2) is 31.0 Å². The van der Waals surface area contributed by atoms with Gasteiger partial charge in [0.1, 0.15) is 0 Å². The molecule has 2 aromatic heterocycles. The van der Waals surface area contributed by atoms with E-state index in [1.54, 1.807) is 11.3 Å². The van der Waals surface area contributed by atoms with Crippen molar-refractivity contribution in [3.8, 4) is 11.5 Å². The Hall–Kier alpha value is -1.25. The molecule has 0 radical (unpaired) electrons. The first-order valence-electron chi connectivity index (χ1n) is 6.01.